The quantitative estimate of drug-likeness (QED) is 0.481. The third-order valence-corrected chi connectivity index (χ3v) is 7.15. The van der Waals surface area contributed by atoms with Crippen LogP contribution in [-0.4, -0.2) is 114 Å². The summed E-state index contributed by atoms with van der Waals surface area (Å²) >= 11 is 0. The highest BCUT2D eigenvalue weighted by Gasteiger charge is 2.51. The molecular formula is C25H31N9O4. The number of carbonyl (C=O) groups excluding carboxylic acids is 1. The van der Waals surface area contributed by atoms with Crippen molar-refractivity contribution in [2.24, 2.45) is 15.8 Å². The first-order valence-electron chi connectivity index (χ1n) is 12.6. The Kier molecular flexibility index (Phi) is 6.39. The van der Waals surface area contributed by atoms with Crippen molar-refractivity contribution in [3.8, 4) is 5.75 Å². The van der Waals surface area contributed by atoms with Crippen molar-refractivity contribution in [1.29, 1.82) is 0 Å². The summed E-state index contributed by atoms with van der Waals surface area (Å²) in [6, 6.07) is 11.5. The minimum Gasteiger partial charge on any atom is -0.491 e. The number of rotatable bonds is 8. The largest absolute Gasteiger partial charge is 0.491 e. The number of benzene rings is 1. The van der Waals surface area contributed by atoms with Crippen LogP contribution in [0.1, 0.15) is 5.76 Å². The Balaban J connectivity index is 1.09. The Morgan fingerprint density at radius 3 is 2.63 bits per heavy atom. The van der Waals surface area contributed by atoms with Gasteiger partial charge in [-0.1, -0.05) is 0 Å². The molecule has 0 radical (unpaired) electrons. The van der Waals surface area contributed by atoms with Crippen LogP contribution < -0.4 is 15.5 Å². The van der Waals surface area contributed by atoms with E-state index in [1.54, 1.807) is 29.3 Å². The smallest absolute Gasteiger partial charge is 0.341 e. The molecule has 1 aromatic carbocycles. The van der Waals surface area contributed by atoms with Gasteiger partial charge >= 0.3 is 6.03 Å². The number of aliphatic hydroxyl groups excluding tert-OH is 1. The number of ether oxygens (including phenoxy) is 1. The number of hydrazine groups is 2. The number of aliphatic imine (C=N–C) groups is 2. The second-order valence-electron chi connectivity index (χ2n) is 9.36. The second-order valence-corrected chi connectivity index (χ2v) is 9.36. The molecule has 4 aliphatic heterocycles. The summed E-state index contributed by atoms with van der Waals surface area (Å²) in [6.07, 6.45) is 2.57. The van der Waals surface area contributed by atoms with Crippen molar-refractivity contribution in [1.82, 2.24) is 24.8 Å². The van der Waals surface area contributed by atoms with Gasteiger partial charge in [0.2, 0.25) is 6.29 Å². The van der Waals surface area contributed by atoms with E-state index in [4.69, 9.17) is 25.1 Å². The monoisotopic (exact) mass is 521 g/mol. The lowest BCUT2D eigenvalue weighted by Crippen LogP contribution is -2.49. The van der Waals surface area contributed by atoms with Gasteiger partial charge in [-0.25, -0.2) is 35.6 Å². The van der Waals surface area contributed by atoms with Gasteiger partial charge in [-0.05, 0) is 36.4 Å². The van der Waals surface area contributed by atoms with Crippen LogP contribution in [0.25, 0.3) is 5.70 Å². The molecule has 200 valence electrons. The highest BCUT2D eigenvalue weighted by Crippen LogP contribution is 2.38. The van der Waals surface area contributed by atoms with Crippen LogP contribution in [0.3, 0.4) is 0 Å². The van der Waals surface area contributed by atoms with Gasteiger partial charge in [0.25, 0.3) is 0 Å². The summed E-state index contributed by atoms with van der Waals surface area (Å²) in [6.45, 7) is 5.13. The molecule has 2 amide bonds. The molecule has 4 aliphatic rings. The van der Waals surface area contributed by atoms with Crippen molar-refractivity contribution in [3.63, 3.8) is 0 Å². The van der Waals surface area contributed by atoms with E-state index in [0.717, 1.165) is 44.2 Å². The molecule has 1 aromatic heterocycles. The molecule has 0 bridgehead atoms. The molecule has 3 N–H and O–H groups in total. The Morgan fingerprint density at radius 1 is 1.13 bits per heavy atom. The van der Waals surface area contributed by atoms with Crippen molar-refractivity contribution >= 4 is 29.6 Å². The van der Waals surface area contributed by atoms with Gasteiger partial charge in [0, 0.05) is 52.0 Å². The molecule has 0 spiro atoms. The minimum absolute atomic E-state index is 0.000950. The topological polar surface area (TPSA) is 130 Å². The third-order valence-electron chi connectivity index (χ3n) is 7.15. The number of nitrogens with zero attached hydrogens (tertiary/aromatic N) is 8. The zero-order valence-corrected chi connectivity index (χ0v) is 21.2. The summed E-state index contributed by atoms with van der Waals surface area (Å²) in [4.78, 5) is 29.0. The maximum Gasteiger partial charge on any atom is 0.341 e. The van der Waals surface area contributed by atoms with Crippen molar-refractivity contribution in [3.05, 3.63) is 54.1 Å². The van der Waals surface area contributed by atoms with Gasteiger partial charge in [0.15, 0.2) is 11.6 Å². The molecule has 13 nitrogen and oxygen atoms in total. The molecular weight excluding hydrogens is 490 g/mol. The molecule has 1 atom stereocenters. The first-order chi connectivity index (χ1) is 18.5. The average Bonchev–Trinajstić information content (AvgIpc) is 3.66. The van der Waals surface area contributed by atoms with E-state index in [9.17, 15) is 4.79 Å². The minimum atomic E-state index is -0.525. The molecule has 5 heterocycles. The molecule has 0 saturated carbocycles. The number of aliphatic hydroxyl groups is 1. The number of hydrogen-bond acceptors (Lipinski definition) is 11. The number of urea groups is 1. The maximum absolute atomic E-state index is 13.2. The fourth-order valence-corrected chi connectivity index (χ4v) is 5.17. The highest BCUT2D eigenvalue weighted by molar-refractivity contribution is 6.12. The summed E-state index contributed by atoms with van der Waals surface area (Å²) in [5.41, 5.74) is 2.38. The number of carbonyl (C=O) groups is 1. The van der Waals surface area contributed by atoms with E-state index in [-0.39, 0.29) is 12.6 Å². The molecule has 2 aromatic rings. The van der Waals surface area contributed by atoms with Crippen LogP contribution in [-0.2, 0) is 0 Å². The van der Waals surface area contributed by atoms with Crippen molar-refractivity contribution in [2.45, 2.75) is 6.29 Å². The summed E-state index contributed by atoms with van der Waals surface area (Å²) in [7, 11) is 1.73. The number of amidine groups is 1. The summed E-state index contributed by atoms with van der Waals surface area (Å²) in [5.74, 6) is 8.04. The van der Waals surface area contributed by atoms with Crippen LogP contribution >= 0.6 is 0 Å². The van der Waals surface area contributed by atoms with Gasteiger partial charge in [0.05, 0.1) is 12.9 Å². The van der Waals surface area contributed by atoms with E-state index in [0.29, 0.717) is 36.1 Å². The normalized spacial score (nSPS) is 21.4. The molecule has 2 fully saturated rings. The molecule has 13 heteroatoms. The Morgan fingerprint density at radius 2 is 1.92 bits per heavy atom. The number of piperazine rings is 1. The van der Waals surface area contributed by atoms with Crippen LogP contribution in [0.4, 0.5) is 10.5 Å². The van der Waals surface area contributed by atoms with Gasteiger partial charge in [-0.3, -0.25) is 9.80 Å². The fraction of sp³-hybridized carbons (Fsp3) is 0.400. The van der Waals surface area contributed by atoms with Gasteiger partial charge in [-0.15, -0.1) is 0 Å². The Labute approximate surface area is 220 Å². The SMILES string of the molecule is CN1C(=O)N(CCN2CCN(c3ccc(OCCO)cc3)CC2)C2N=C3C(=C(c4ccco4)N=CN3N)N21. The molecule has 38 heavy (non-hydrogen) atoms. The fourth-order valence-electron chi connectivity index (χ4n) is 5.17. The van der Waals surface area contributed by atoms with Crippen molar-refractivity contribution in [2.75, 3.05) is 64.4 Å². The predicted octanol–water partition coefficient (Wildman–Crippen LogP) is 0.639. The second kappa shape index (κ2) is 10.0. The lowest BCUT2D eigenvalue weighted by Gasteiger charge is -2.36. The van der Waals surface area contributed by atoms with Crippen LogP contribution in [0, 0.1) is 0 Å². The first-order valence-corrected chi connectivity index (χ1v) is 12.6. The first kappa shape index (κ1) is 24.3. The lowest BCUT2D eigenvalue weighted by molar-refractivity contribution is 0.0841. The number of furan rings is 1. The average molecular weight is 522 g/mol. The number of hydrogen-bond donors (Lipinski definition) is 2. The number of anilines is 1. The van der Waals surface area contributed by atoms with Crippen LogP contribution in [0.15, 0.2) is 62.8 Å². The van der Waals surface area contributed by atoms with E-state index < -0.39 is 6.29 Å². The standard InChI is InChI=1S/C25H31N9O4/c1-29-25(36)32(24-28-23-22(34(24)29)21(27-17-33(23)26)20-3-2-15-38-20)13-10-30-8-11-31(12-9-30)18-4-6-19(7-5-18)37-16-14-35/h2-7,15,17,24,35H,8-14,16,26H2,1H3. The zero-order valence-electron chi connectivity index (χ0n) is 21.2. The molecule has 2 saturated heterocycles. The number of amides is 2. The highest BCUT2D eigenvalue weighted by atomic mass is 16.5. The third kappa shape index (κ3) is 4.23. The predicted molar refractivity (Wildman–Crippen MR) is 141 cm³/mol. The van der Waals surface area contributed by atoms with E-state index in [2.05, 4.69) is 14.8 Å². The Hall–Kier alpha value is -4.07. The van der Waals surface area contributed by atoms with E-state index >= 15 is 0 Å². The Bertz CT molecular complexity index is 1250. The van der Waals surface area contributed by atoms with Gasteiger partial charge in [-0.2, -0.15) is 0 Å². The van der Waals surface area contributed by atoms with Crippen LogP contribution in [0.5, 0.6) is 5.75 Å². The summed E-state index contributed by atoms with van der Waals surface area (Å²) in [5, 5.41) is 13.7. The lowest BCUT2D eigenvalue weighted by atomic mass is 10.2. The van der Waals surface area contributed by atoms with Crippen molar-refractivity contribution < 1.29 is 19.1 Å². The maximum atomic E-state index is 13.2. The number of fused-ring (bicyclic) bond motifs is 3. The molecule has 1 unspecified atom stereocenters. The zero-order chi connectivity index (χ0) is 26.2. The summed E-state index contributed by atoms with van der Waals surface area (Å²) < 4.78 is 11.0. The number of nitrogens with two attached hydrogens (primary N) is 1. The molecule has 0 aliphatic carbocycles. The van der Waals surface area contributed by atoms with Gasteiger partial charge in [0.1, 0.15) is 30.1 Å². The van der Waals surface area contributed by atoms with Gasteiger partial charge < -0.3 is 19.2 Å². The van der Waals surface area contributed by atoms with Crippen LogP contribution in [0.2, 0.25) is 0 Å². The molecule has 6 rings (SSSR count). The van der Waals surface area contributed by atoms with E-state index in [1.165, 1.54) is 11.3 Å². The van der Waals surface area contributed by atoms with E-state index in [1.807, 2.05) is 35.3 Å².